The van der Waals surface area contributed by atoms with Crippen molar-refractivity contribution >= 4 is 16.9 Å². The fourth-order valence-electron chi connectivity index (χ4n) is 1.52. The molecule has 2 aromatic rings. The Kier molecular flexibility index (Phi) is 2.72. The summed E-state index contributed by atoms with van der Waals surface area (Å²) in [7, 11) is 0. The molecule has 0 saturated heterocycles. The molecule has 0 amide bonds. The summed E-state index contributed by atoms with van der Waals surface area (Å²) in [6.45, 7) is 2.22. The minimum atomic E-state index is -1.07. The van der Waals surface area contributed by atoms with E-state index in [9.17, 15) is 4.79 Å². The first kappa shape index (κ1) is 10.4. The van der Waals surface area contributed by atoms with Gasteiger partial charge in [-0.25, -0.2) is 9.78 Å². The van der Waals surface area contributed by atoms with Crippen LogP contribution < -0.4 is 4.74 Å². The Morgan fingerprint density at radius 3 is 2.88 bits per heavy atom. The minimum absolute atomic E-state index is 0.0412. The molecule has 0 fully saturated rings. The predicted octanol–water partition coefficient (Wildman–Crippen LogP) is 2.33. The molecule has 16 heavy (non-hydrogen) atoms. The summed E-state index contributed by atoms with van der Waals surface area (Å²) >= 11 is 0. The SMILES string of the molecule is CCOc1cc2ccccc2nc1C(=O)O. The van der Waals surface area contributed by atoms with Gasteiger partial charge in [-0.05, 0) is 19.1 Å². The van der Waals surface area contributed by atoms with Crippen LogP contribution in [-0.2, 0) is 0 Å². The van der Waals surface area contributed by atoms with Crippen LogP contribution in [0.25, 0.3) is 10.9 Å². The summed E-state index contributed by atoms with van der Waals surface area (Å²) in [4.78, 5) is 15.1. The second kappa shape index (κ2) is 4.18. The molecule has 4 heteroatoms. The quantitative estimate of drug-likeness (QED) is 0.857. The van der Waals surface area contributed by atoms with Crippen molar-refractivity contribution in [2.24, 2.45) is 0 Å². The Hall–Kier alpha value is -2.10. The maximum absolute atomic E-state index is 11.0. The molecule has 0 aliphatic heterocycles. The molecule has 0 aliphatic carbocycles. The third-order valence-corrected chi connectivity index (χ3v) is 2.19. The molecule has 4 nitrogen and oxygen atoms in total. The Bertz CT molecular complexity index is 537. The standard InChI is InChI=1S/C12H11NO3/c1-2-16-10-7-8-5-3-4-6-9(8)13-11(10)12(14)15/h3-7H,2H2,1H3,(H,14,15). The molecule has 0 saturated carbocycles. The van der Waals surface area contributed by atoms with Crippen LogP contribution in [0.4, 0.5) is 0 Å². The lowest BCUT2D eigenvalue weighted by atomic mass is 10.2. The smallest absolute Gasteiger partial charge is 0.358 e. The number of hydrogen-bond acceptors (Lipinski definition) is 3. The largest absolute Gasteiger partial charge is 0.491 e. The first-order valence-electron chi connectivity index (χ1n) is 4.98. The number of fused-ring (bicyclic) bond motifs is 1. The second-order valence-corrected chi connectivity index (χ2v) is 3.27. The number of rotatable bonds is 3. The van der Waals surface area contributed by atoms with Crippen LogP contribution in [0.5, 0.6) is 5.75 Å². The second-order valence-electron chi connectivity index (χ2n) is 3.27. The van der Waals surface area contributed by atoms with Crippen molar-refractivity contribution in [1.82, 2.24) is 4.98 Å². The number of carboxylic acids is 1. The summed E-state index contributed by atoms with van der Waals surface area (Å²) in [5.74, 6) is -0.761. The molecular formula is C12H11NO3. The van der Waals surface area contributed by atoms with Gasteiger partial charge in [-0.2, -0.15) is 0 Å². The first-order valence-corrected chi connectivity index (χ1v) is 4.98. The molecule has 1 aromatic carbocycles. The lowest BCUT2D eigenvalue weighted by Gasteiger charge is -2.07. The van der Waals surface area contributed by atoms with E-state index in [-0.39, 0.29) is 5.69 Å². The number of aromatic carboxylic acids is 1. The van der Waals surface area contributed by atoms with E-state index in [0.717, 1.165) is 5.39 Å². The Balaban J connectivity index is 2.65. The van der Waals surface area contributed by atoms with Gasteiger partial charge in [0, 0.05) is 5.39 Å². The van der Waals surface area contributed by atoms with E-state index < -0.39 is 5.97 Å². The Morgan fingerprint density at radius 2 is 2.19 bits per heavy atom. The number of carboxylic acid groups (broad SMARTS) is 1. The molecule has 2 rings (SSSR count). The van der Waals surface area contributed by atoms with Crippen LogP contribution >= 0.6 is 0 Å². The van der Waals surface area contributed by atoms with E-state index in [2.05, 4.69) is 4.98 Å². The highest BCUT2D eigenvalue weighted by atomic mass is 16.5. The molecule has 0 bridgehead atoms. The third kappa shape index (κ3) is 1.82. The highest BCUT2D eigenvalue weighted by Gasteiger charge is 2.14. The van der Waals surface area contributed by atoms with Gasteiger partial charge in [0.25, 0.3) is 0 Å². The Labute approximate surface area is 92.5 Å². The molecule has 0 atom stereocenters. The molecule has 0 unspecified atom stereocenters. The van der Waals surface area contributed by atoms with Gasteiger partial charge in [0.05, 0.1) is 12.1 Å². The van der Waals surface area contributed by atoms with Crippen molar-refractivity contribution in [3.8, 4) is 5.75 Å². The summed E-state index contributed by atoms with van der Waals surface area (Å²) in [6.07, 6.45) is 0. The normalized spacial score (nSPS) is 10.3. The number of hydrogen-bond donors (Lipinski definition) is 1. The fraction of sp³-hybridized carbons (Fsp3) is 0.167. The van der Waals surface area contributed by atoms with E-state index in [1.54, 1.807) is 19.1 Å². The van der Waals surface area contributed by atoms with Crippen LogP contribution in [-0.4, -0.2) is 22.7 Å². The minimum Gasteiger partial charge on any atom is -0.491 e. The summed E-state index contributed by atoms with van der Waals surface area (Å²) in [6, 6.07) is 9.05. The number of benzene rings is 1. The molecule has 0 spiro atoms. The summed E-state index contributed by atoms with van der Waals surface area (Å²) < 4.78 is 5.26. The zero-order chi connectivity index (χ0) is 11.5. The Morgan fingerprint density at radius 1 is 1.44 bits per heavy atom. The van der Waals surface area contributed by atoms with Crippen molar-refractivity contribution in [1.29, 1.82) is 0 Å². The van der Waals surface area contributed by atoms with Crippen LogP contribution in [0.2, 0.25) is 0 Å². The van der Waals surface area contributed by atoms with E-state index in [1.165, 1.54) is 0 Å². The number of ether oxygens (including phenoxy) is 1. The van der Waals surface area contributed by atoms with Crippen molar-refractivity contribution < 1.29 is 14.6 Å². The summed E-state index contributed by atoms with van der Waals surface area (Å²) in [5, 5.41) is 9.88. The topological polar surface area (TPSA) is 59.4 Å². The molecule has 0 radical (unpaired) electrons. The van der Waals surface area contributed by atoms with Crippen molar-refractivity contribution in [3.63, 3.8) is 0 Å². The van der Waals surface area contributed by atoms with Gasteiger partial charge in [-0.3, -0.25) is 0 Å². The molecule has 1 heterocycles. The summed E-state index contributed by atoms with van der Waals surface area (Å²) in [5.41, 5.74) is 0.615. The molecule has 1 aromatic heterocycles. The average molecular weight is 217 g/mol. The lowest BCUT2D eigenvalue weighted by Crippen LogP contribution is -2.05. The zero-order valence-corrected chi connectivity index (χ0v) is 8.80. The highest BCUT2D eigenvalue weighted by molar-refractivity contribution is 5.93. The van der Waals surface area contributed by atoms with Gasteiger partial charge in [0.1, 0.15) is 0 Å². The van der Waals surface area contributed by atoms with Crippen LogP contribution in [0, 0.1) is 0 Å². The zero-order valence-electron chi connectivity index (χ0n) is 8.80. The maximum atomic E-state index is 11.0. The van der Waals surface area contributed by atoms with Gasteiger partial charge in [-0.15, -0.1) is 0 Å². The van der Waals surface area contributed by atoms with E-state index in [4.69, 9.17) is 9.84 Å². The van der Waals surface area contributed by atoms with Crippen LogP contribution in [0.1, 0.15) is 17.4 Å². The van der Waals surface area contributed by atoms with Crippen molar-refractivity contribution in [2.45, 2.75) is 6.92 Å². The number of nitrogens with zero attached hydrogens (tertiary/aromatic N) is 1. The van der Waals surface area contributed by atoms with Gasteiger partial charge in [0.2, 0.25) is 0 Å². The van der Waals surface area contributed by atoms with Crippen LogP contribution in [0.3, 0.4) is 0 Å². The number of pyridine rings is 1. The van der Waals surface area contributed by atoms with Gasteiger partial charge in [0.15, 0.2) is 11.4 Å². The van der Waals surface area contributed by atoms with Crippen molar-refractivity contribution in [3.05, 3.63) is 36.0 Å². The highest BCUT2D eigenvalue weighted by Crippen LogP contribution is 2.22. The number of aromatic nitrogens is 1. The van der Waals surface area contributed by atoms with Crippen LogP contribution in [0.15, 0.2) is 30.3 Å². The molecule has 0 aliphatic rings. The van der Waals surface area contributed by atoms with E-state index in [1.807, 2.05) is 18.2 Å². The average Bonchev–Trinajstić information content (AvgIpc) is 2.28. The monoisotopic (exact) mass is 217 g/mol. The van der Waals surface area contributed by atoms with E-state index >= 15 is 0 Å². The lowest BCUT2D eigenvalue weighted by molar-refractivity contribution is 0.0686. The maximum Gasteiger partial charge on any atom is 0.358 e. The molecule has 1 N–H and O–H groups in total. The van der Waals surface area contributed by atoms with Crippen molar-refractivity contribution in [2.75, 3.05) is 6.61 Å². The van der Waals surface area contributed by atoms with E-state index in [0.29, 0.717) is 17.9 Å². The molecular weight excluding hydrogens is 206 g/mol. The first-order chi connectivity index (χ1) is 7.72. The van der Waals surface area contributed by atoms with Gasteiger partial charge < -0.3 is 9.84 Å². The van der Waals surface area contributed by atoms with Gasteiger partial charge >= 0.3 is 5.97 Å². The fourth-order valence-corrected chi connectivity index (χ4v) is 1.52. The van der Waals surface area contributed by atoms with Gasteiger partial charge in [-0.1, -0.05) is 18.2 Å². The third-order valence-electron chi connectivity index (χ3n) is 2.19. The molecule has 82 valence electrons. The number of carbonyl (C=O) groups is 1. The predicted molar refractivity (Wildman–Crippen MR) is 59.9 cm³/mol. The number of para-hydroxylation sites is 1.